The summed E-state index contributed by atoms with van der Waals surface area (Å²) >= 11 is 0. The van der Waals surface area contributed by atoms with Gasteiger partial charge in [0.05, 0.1) is 4.92 Å². The van der Waals surface area contributed by atoms with Crippen molar-refractivity contribution in [2.45, 2.75) is 38.8 Å². The first-order valence-corrected chi connectivity index (χ1v) is 6.36. The van der Waals surface area contributed by atoms with E-state index in [-0.39, 0.29) is 30.1 Å². The summed E-state index contributed by atoms with van der Waals surface area (Å²) in [7, 11) is 0. The fourth-order valence-electron chi connectivity index (χ4n) is 1.99. The fraction of sp³-hybridized carbons (Fsp3) is 0.538. The van der Waals surface area contributed by atoms with Crippen molar-refractivity contribution >= 4 is 11.4 Å². The molecule has 0 saturated carbocycles. The molecular formula is C13H21N3O3. The van der Waals surface area contributed by atoms with E-state index in [2.05, 4.69) is 5.32 Å². The van der Waals surface area contributed by atoms with Crippen molar-refractivity contribution in [3.63, 3.8) is 0 Å². The van der Waals surface area contributed by atoms with Gasteiger partial charge in [-0.2, -0.15) is 0 Å². The Balaban J connectivity index is 2.74. The Labute approximate surface area is 112 Å². The molecule has 0 aliphatic heterocycles. The predicted molar refractivity (Wildman–Crippen MR) is 74.8 cm³/mol. The Hall–Kier alpha value is -1.66. The molecule has 0 bridgehead atoms. The standard InChI is InChI=1S/C13H21N3O3/c1-9(4-3-7-17)15-10(2)11-5-6-12(14)13(8-11)16(18)19/h5-6,8-10,15,17H,3-4,7,14H2,1-2H3/t9-,10+/m1/s1. The van der Waals surface area contributed by atoms with E-state index in [4.69, 9.17) is 10.8 Å². The van der Waals surface area contributed by atoms with Gasteiger partial charge in [0.2, 0.25) is 0 Å². The number of rotatable bonds is 7. The van der Waals surface area contributed by atoms with Crippen LogP contribution < -0.4 is 11.1 Å². The second-order valence-electron chi connectivity index (χ2n) is 4.73. The molecular weight excluding hydrogens is 246 g/mol. The van der Waals surface area contributed by atoms with Crippen molar-refractivity contribution in [3.8, 4) is 0 Å². The highest BCUT2D eigenvalue weighted by Gasteiger charge is 2.16. The lowest BCUT2D eigenvalue weighted by Crippen LogP contribution is -2.29. The molecule has 0 radical (unpaired) electrons. The highest BCUT2D eigenvalue weighted by atomic mass is 16.6. The van der Waals surface area contributed by atoms with Gasteiger partial charge in [0.15, 0.2) is 0 Å². The van der Waals surface area contributed by atoms with Gasteiger partial charge < -0.3 is 16.2 Å². The van der Waals surface area contributed by atoms with Crippen molar-refractivity contribution in [2.24, 2.45) is 0 Å². The molecule has 0 aromatic heterocycles. The second-order valence-corrected chi connectivity index (χ2v) is 4.73. The number of anilines is 1. The summed E-state index contributed by atoms with van der Waals surface area (Å²) in [5.74, 6) is 0. The van der Waals surface area contributed by atoms with Crippen LogP contribution in [0.2, 0.25) is 0 Å². The lowest BCUT2D eigenvalue weighted by Gasteiger charge is -2.20. The molecule has 0 aliphatic carbocycles. The van der Waals surface area contributed by atoms with Gasteiger partial charge in [-0.05, 0) is 38.3 Å². The van der Waals surface area contributed by atoms with Gasteiger partial charge in [0.1, 0.15) is 5.69 Å². The predicted octanol–water partition coefficient (Wildman–Crippen LogP) is 1.99. The molecule has 106 valence electrons. The number of nitro benzene ring substituents is 1. The minimum atomic E-state index is -0.471. The van der Waals surface area contributed by atoms with Crippen LogP contribution >= 0.6 is 0 Å². The first kappa shape index (κ1) is 15.4. The third-order valence-electron chi connectivity index (χ3n) is 3.08. The third kappa shape index (κ3) is 4.50. The summed E-state index contributed by atoms with van der Waals surface area (Å²) in [4.78, 5) is 10.4. The molecule has 6 heteroatoms. The molecule has 1 aromatic rings. The zero-order chi connectivity index (χ0) is 14.4. The van der Waals surface area contributed by atoms with E-state index in [1.54, 1.807) is 12.1 Å². The van der Waals surface area contributed by atoms with Crippen molar-refractivity contribution < 1.29 is 10.0 Å². The highest BCUT2D eigenvalue weighted by molar-refractivity contribution is 5.59. The fourth-order valence-corrected chi connectivity index (χ4v) is 1.99. The summed E-state index contributed by atoms with van der Waals surface area (Å²) < 4.78 is 0. The van der Waals surface area contributed by atoms with Crippen molar-refractivity contribution in [1.82, 2.24) is 5.32 Å². The van der Waals surface area contributed by atoms with Crippen LogP contribution in [0.1, 0.15) is 38.3 Å². The molecule has 0 saturated heterocycles. The molecule has 1 rings (SSSR count). The molecule has 1 aromatic carbocycles. The topological polar surface area (TPSA) is 101 Å². The Bertz CT molecular complexity index is 437. The summed E-state index contributed by atoms with van der Waals surface area (Å²) in [5.41, 5.74) is 6.51. The minimum absolute atomic E-state index is 0.00649. The normalized spacial score (nSPS) is 14.1. The lowest BCUT2D eigenvalue weighted by atomic mass is 10.0. The number of nitrogen functional groups attached to an aromatic ring is 1. The Morgan fingerprint density at radius 2 is 2.16 bits per heavy atom. The number of benzene rings is 1. The van der Waals surface area contributed by atoms with Gasteiger partial charge in [-0.1, -0.05) is 6.07 Å². The number of nitrogens with two attached hydrogens (primary N) is 1. The van der Waals surface area contributed by atoms with E-state index in [0.717, 1.165) is 18.4 Å². The van der Waals surface area contributed by atoms with Crippen molar-refractivity contribution in [2.75, 3.05) is 12.3 Å². The first-order chi connectivity index (χ1) is 8.95. The van der Waals surface area contributed by atoms with Crippen LogP contribution in [0, 0.1) is 10.1 Å². The zero-order valence-corrected chi connectivity index (χ0v) is 11.3. The summed E-state index contributed by atoms with van der Waals surface area (Å²) in [6, 6.07) is 5.08. The summed E-state index contributed by atoms with van der Waals surface area (Å²) in [6.45, 7) is 4.15. The number of hydrogen-bond donors (Lipinski definition) is 3. The van der Waals surface area contributed by atoms with Crippen LogP contribution in [0.4, 0.5) is 11.4 Å². The van der Waals surface area contributed by atoms with Crippen LogP contribution in [-0.2, 0) is 0 Å². The SMILES string of the molecule is C[C@H](CCCO)N[C@@H](C)c1ccc(N)c([N+](=O)[O-])c1. The first-order valence-electron chi connectivity index (χ1n) is 6.36. The molecule has 0 unspecified atom stereocenters. The van der Waals surface area contributed by atoms with Gasteiger partial charge in [-0.3, -0.25) is 10.1 Å². The van der Waals surface area contributed by atoms with E-state index in [9.17, 15) is 10.1 Å². The van der Waals surface area contributed by atoms with Gasteiger partial charge in [0, 0.05) is 24.8 Å². The largest absolute Gasteiger partial charge is 0.396 e. The lowest BCUT2D eigenvalue weighted by molar-refractivity contribution is -0.384. The van der Waals surface area contributed by atoms with Crippen molar-refractivity contribution in [1.29, 1.82) is 0 Å². The zero-order valence-electron chi connectivity index (χ0n) is 11.3. The van der Waals surface area contributed by atoms with E-state index in [1.807, 2.05) is 13.8 Å². The number of aliphatic hydroxyl groups excluding tert-OH is 1. The van der Waals surface area contributed by atoms with Gasteiger partial charge in [-0.15, -0.1) is 0 Å². The average Bonchev–Trinajstić information content (AvgIpc) is 2.36. The number of nitrogens with one attached hydrogen (secondary N) is 1. The molecule has 6 nitrogen and oxygen atoms in total. The van der Waals surface area contributed by atoms with Gasteiger partial charge in [0.25, 0.3) is 5.69 Å². The molecule has 0 heterocycles. The monoisotopic (exact) mass is 267 g/mol. The van der Waals surface area contributed by atoms with E-state index < -0.39 is 4.92 Å². The van der Waals surface area contributed by atoms with E-state index in [0.29, 0.717) is 0 Å². The maximum Gasteiger partial charge on any atom is 0.292 e. The van der Waals surface area contributed by atoms with Crippen LogP contribution in [0.5, 0.6) is 0 Å². The second kappa shape index (κ2) is 7.06. The maximum absolute atomic E-state index is 10.8. The van der Waals surface area contributed by atoms with E-state index in [1.165, 1.54) is 6.07 Å². The number of nitrogens with zero attached hydrogens (tertiary/aromatic N) is 1. The van der Waals surface area contributed by atoms with Crippen LogP contribution in [0.15, 0.2) is 18.2 Å². The number of nitro groups is 1. The van der Waals surface area contributed by atoms with Crippen LogP contribution in [0.25, 0.3) is 0 Å². The molecule has 0 aliphatic rings. The molecule has 2 atom stereocenters. The Morgan fingerprint density at radius 1 is 1.47 bits per heavy atom. The smallest absolute Gasteiger partial charge is 0.292 e. The van der Waals surface area contributed by atoms with Crippen LogP contribution in [0.3, 0.4) is 0 Å². The van der Waals surface area contributed by atoms with Gasteiger partial charge in [-0.25, -0.2) is 0 Å². The van der Waals surface area contributed by atoms with Crippen molar-refractivity contribution in [3.05, 3.63) is 33.9 Å². The molecule has 0 spiro atoms. The number of hydrogen-bond acceptors (Lipinski definition) is 5. The minimum Gasteiger partial charge on any atom is -0.396 e. The highest BCUT2D eigenvalue weighted by Crippen LogP contribution is 2.25. The quantitative estimate of drug-likeness (QED) is 0.398. The maximum atomic E-state index is 10.8. The molecule has 4 N–H and O–H groups in total. The summed E-state index contributed by atoms with van der Waals surface area (Å²) in [5, 5.41) is 23.0. The molecule has 0 fully saturated rings. The van der Waals surface area contributed by atoms with E-state index >= 15 is 0 Å². The van der Waals surface area contributed by atoms with Crippen LogP contribution in [-0.4, -0.2) is 22.7 Å². The molecule has 19 heavy (non-hydrogen) atoms. The summed E-state index contributed by atoms with van der Waals surface area (Å²) in [6.07, 6.45) is 1.60. The number of aliphatic hydroxyl groups is 1. The van der Waals surface area contributed by atoms with Gasteiger partial charge >= 0.3 is 0 Å². The average molecular weight is 267 g/mol. The molecule has 0 amide bonds. The third-order valence-corrected chi connectivity index (χ3v) is 3.08. The Kier molecular flexibility index (Phi) is 5.72. The Morgan fingerprint density at radius 3 is 2.74 bits per heavy atom.